The molecule has 1 aliphatic rings. The summed E-state index contributed by atoms with van der Waals surface area (Å²) >= 11 is 0. The highest BCUT2D eigenvalue weighted by atomic mass is 15.3. The Morgan fingerprint density at radius 1 is 1.24 bits per heavy atom. The predicted octanol–water partition coefficient (Wildman–Crippen LogP) is 3.95. The lowest BCUT2D eigenvalue weighted by Gasteiger charge is -2.21. The zero-order valence-corrected chi connectivity index (χ0v) is 13.5. The summed E-state index contributed by atoms with van der Waals surface area (Å²) in [6.07, 6.45) is 4.68. The van der Waals surface area contributed by atoms with Crippen LogP contribution >= 0.6 is 0 Å². The summed E-state index contributed by atoms with van der Waals surface area (Å²) in [6.45, 7) is 9.64. The Labute approximate surface area is 127 Å². The summed E-state index contributed by atoms with van der Waals surface area (Å²) in [5.74, 6) is 0.710. The van der Waals surface area contributed by atoms with E-state index in [4.69, 9.17) is 5.10 Å². The molecule has 1 saturated carbocycles. The van der Waals surface area contributed by atoms with Gasteiger partial charge in [-0.1, -0.05) is 12.1 Å². The molecule has 0 spiro atoms. The van der Waals surface area contributed by atoms with Crippen molar-refractivity contribution in [3.8, 4) is 5.69 Å². The van der Waals surface area contributed by atoms with Crippen LogP contribution in [0.25, 0.3) is 5.69 Å². The summed E-state index contributed by atoms with van der Waals surface area (Å²) in [7, 11) is 0. The number of hydrogen-bond donors (Lipinski definition) is 1. The molecule has 1 N–H and O–H groups in total. The molecule has 0 radical (unpaired) electrons. The van der Waals surface area contributed by atoms with E-state index in [0.29, 0.717) is 5.92 Å². The van der Waals surface area contributed by atoms with Crippen LogP contribution in [-0.2, 0) is 6.54 Å². The predicted molar refractivity (Wildman–Crippen MR) is 86.9 cm³/mol. The van der Waals surface area contributed by atoms with Gasteiger partial charge in [0.2, 0.25) is 0 Å². The minimum absolute atomic E-state index is 0.147. The van der Waals surface area contributed by atoms with E-state index in [1.807, 2.05) is 4.68 Å². The van der Waals surface area contributed by atoms with E-state index in [2.05, 4.69) is 63.5 Å². The molecule has 3 rings (SSSR count). The van der Waals surface area contributed by atoms with Gasteiger partial charge in [0.15, 0.2) is 0 Å². The highest BCUT2D eigenvalue weighted by Crippen LogP contribution is 2.39. The maximum Gasteiger partial charge on any atom is 0.0675 e. The van der Waals surface area contributed by atoms with Gasteiger partial charge in [-0.25, -0.2) is 4.68 Å². The Morgan fingerprint density at radius 3 is 2.62 bits per heavy atom. The number of nitrogens with one attached hydrogen (secondary N) is 1. The first-order chi connectivity index (χ1) is 9.92. The molecule has 1 aliphatic carbocycles. The molecule has 2 aromatic rings. The molecular weight excluding hydrogens is 258 g/mol. The third kappa shape index (κ3) is 3.53. The molecule has 3 heteroatoms. The Balaban J connectivity index is 1.76. The second-order valence-electron chi connectivity index (χ2n) is 7.18. The summed E-state index contributed by atoms with van der Waals surface area (Å²) in [4.78, 5) is 0. The van der Waals surface area contributed by atoms with Gasteiger partial charge in [-0.3, -0.25) is 0 Å². The molecule has 1 heterocycles. The lowest BCUT2D eigenvalue weighted by molar-refractivity contribution is 0.424. The van der Waals surface area contributed by atoms with Crippen LogP contribution in [0, 0.1) is 6.92 Å². The fraction of sp³-hybridized carbons (Fsp3) is 0.500. The highest BCUT2D eigenvalue weighted by molar-refractivity contribution is 5.42. The van der Waals surface area contributed by atoms with E-state index in [1.165, 1.54) is 35.3 Å². The summed E-state index contributed by atoms with van der Waals surface area (Å²) in [5, 5.41) is 8.25. The van der Waals surface area contributed by atoms with Crippen LogP contribution in [0.15, 0.2) is 30.5 Å². The van der Waals surface area contributed by atoms with E-state index < -0.39 is 0 Å². The Morgan fingerprint density at radius 2 is 2.00 bits per heavy atom. The molecule has 1 aromatic carbocycles. The minimum Gasteiger partial charge on any atom is -0.308 e. The Hall–Kier alpha value is -1.61. The first-order valence-electron chi connectivity index (χ1n) is 7.83. The minimum atomic E-state index is 0.147. The van der Waals surface area contributed by atoms with Crippen LogP contribution in [0.1, 0.15) is 56.4 Å². The van der Waals surface area contributed by atoms with Crippen LogP contribution in [0.3, 0.4) is 0 Å². The first-order valence-corrected chi connectivity index (χ1v) is 7.83. The van der Waals surface area contributed by atoms with Crippen LogP contribution < -0.4 is 5.32 Å². The number of aryl methyl sites for hydroxylation is 1. The van der Waals surface area contributed by atoms with Crippen molar-refractivity contribution in [3.63, 3.8) is 0 Å². The van der Waals surface area contributed by atoms with Crippen molar-refractivity contribution < 1.29 is 0 Å². The van der Waals surface area contributed by atoms with Crippen LogP contribution in [0.5, 0.6) is 0 Å². The molecule has 0 bridgehead atoms. The molecule has 0 unspecified atom stereocenters. The second kappa shape index (κ2) is 5.30. The summed E-state index contributed by atoms with van der Waals surface area (Å²) in [6, 6.07) is 8.79. The van der Waals surface area contributed by atoms with Gasteiger partial charge in [-0.2, -0.15) is 5.10 Å². The average Bonchev–Trinajstić information content (AvgIpc) is 3.15. The molecule has 0 saturated heterocycles. The van der Waals surface area contributed by atoms with Crippen LogP contribution in [0.2, 0.25) is 0 Å². The normalized spacial score (nSPS) is 15.4. The van der Waals surface area contributed by atoms with Gasteiger partial charge in [0.1, 0.15) is 0 Å². The van der Waals surface area contributed by atoms with E-state index in [1.54, 1.807) is 0 Å². The Bertz CT molecular complexity index is 630. The number of rotatable bonds is 4. The zero-order valence-electron chi connectivity index (χ0n) is 13.5. The third-order valence-electron chi connectivity index (χ3n) is 3.94. The van der Waals surface area contributed by atoms with Gasteiger partial charge in [-0.15, -0.1) is 0 Å². The standard InChI is InChI=1S/C18H25N3/c1-13-11-14(12-19-18(2,3)4)5-8-17(13)21-10-9-16(20-21)15-6-7-15/h5,8-11,15,19H,6-7,12H2,1-4H3. The van der Waals surface area contributed by atoms with Crippen molar-refractivity contribution in [2.45, 2.75) is 58.5 Å². The molecule has 0 atom stereocenters. The monoisotopic (exact) mass is 283 g/mol. The van der Waals surface area contributed by atoms with E-state index >= 15 is 0 Å². The fourth-order valence-corrected chi connectivity index (χ4v) is 2.52. The lowest BCUT2D eigenvalue weighted by Crippen LogP contribution is -2.35. The smallest absolute Gasteiger partial charge is 0.0675 e. The van der Waals surface area contributed by atoms with E-state index in [-0.39, 0.29) is 5.54 Å². The van der Waals surface area contributed by atoms with Gasteiger partial charge in [0.25, 0.3) is 0 Å². The number of aromatic nitrogens is 2. The van der Waals surface area contributed by atoms with Crippen LogP contribution in [-0.4, -0.2) is 15.3 Å². The maximum atomic E-state index is 4.72. The first kappa shape index (κ1) is 14.3. The molecule has 3 nitrogen and oxygen atoms in total. The summed E-state index contributed by atoms with van der Waals surface area (Å²) in [5.41, 5.74) is 5.16. The molecule has 0 amide bonds. The SMILES string of the molecule is Cc1cc(CNC(C)(C)C)ccc1-n1ccc(C2CC2)n1. The average molecular weight is 283 g/mol. The van der Waals surface area contributed by atoms with Crippen LogP contribution in [0.4, 0.5) is 0 Å². The van der Waals surface area contributed by atoms with E-state index in [0.717, 1.165) is 6.54 Å². The molecule has 1 aromatic heterocycles. The quantitative estimate of drug-likeness (QED) is 0.921. The molecule has 112 valence electrons. The number of nitrogens with zero attached hydrogens (tertiary/aromatic N) is 2. The van der Waals surface area contributed by atoms with Crippen molar-refractivity contribution in [2.75, 3.05) is 0 Å². The van der Waals surface area contributed by atoms with Gasteiger partial charge >= 0.3 is 0 Å². The van der Waals surface area contributed by atoms with Gasteiger partial charge in [-0.05, 0) is 63.8 Å². The molecular formula is C18H25N3. The Kier molecular flexibility index (Phi) is 3.62. The topological polar surface area (TPSA) is 29.9 Å². The fourth-order valence-electron chi connectivity index (χ4n) is 2.52. The highest BCUT2D eigenvalue weighted by Gasteiger charge is 2.26. The van der Waals surface area contributed by atoms with Gasteiger partial charge < -0.3 is 5.32 Å². The largest absolute Gasteiger partial charge is 0.308 e. The molecule has 0 aliphatic heterocycles. The van der Waals surface area contributed by atoms with Crippen molar-refractivity contribution in [1.29, 1.82) is 0 Å². The van der Waals surface area contributed by atoms with Gasteiger partial charge in [0, 0.05) is 24.2 Å². The van der Waals surface area contributed by atoms with Crippen molar-refractivity contribution in [3.05, 3.63) is 47.3 Å². The van der Waals surface area contributed by atoms with E-state index in [9.17, 15) is 0 Å². The van der Waals surface area contributed by atoms with Crippen molar-refractivity contribution in [1.82, 2.24) is 15.1 Å². The summed E-state index contributed by atoms with van der Waals surface area (Å²) < 4.78 is 2.02. The van der Waals surface area contributed by atoms with Gasteiger partial charge in [0.05, 0.1) is 11.4 Å². The number of hydrogen-bond acceptors (Lipinski definition) is 2. The van der Waals surface area contributed by atoms with Crippen molar-refractivity contribution >= 4 is 0 Å². The van der Waals surface area contributed by atoms with Crippen molar-refractivity contribution in [2.24, 2.45) is 0 Å². The lowest BCUT2D eigenvalue weighted by atomic mass is 10.1. The maximum absolute atomic E-state index is 4.72. The molecule has 21 heavy (non-hydrogen) atoms. The number of benzene rings is 1. The zero-order chi connectivity index (χ0) is 15.0. The third-order valence-corrected chi connectivity index (χ3v) is 3.94. The molecule has 1 fully saturated rings. The second-order valence-corrected chi connectivity index (χ2v) is 7.18.